The molecule has 14 heavy (non-hydrogen) atoms. The topological polar surface area (TPSA) is 29.1 Å². The summed E-state index contributed by atoms with van der Waals surface area (Å²) in [5.41, 5.74) is 0.566. The average molecular weight is 218 g/mol. The van der Waals surface area contributed by atoms with E-state index in [0.29, 0.717) is 18.5 Å². The van der Waals surface area contributed by atoms with Gasteiger partial charge >= 0.3 is 0 Å². The quantitative estimate of drug-likeness (QED) is 0.783. The third-order valence-corrected chi connectivity index (χ3v) is 1.77. The molecule has 0 heterocycles. The molecule has 0 aromatic heterocycles. The molecule has 0 aliphatic rings. The second-order valence-corrected chi connectivity index (χ2v) is 2.78. The van der Waals surface area contributed by atoms with Gasteiger partial charge < -0.3 is 5.32 Å². The zero-order valence-corrected chi connectivity index (χ0v) is 8.73. The van der Waals surface area contributed by atoms with Crippen LogP contribution in [0.15, 0.2) is 24.3 Å². The Morgan fingerprint density at radius 3 is 2.43 bits per heavy atom. The maximum atomic E-state index is 12.5. The highest BCUT2D eigenvalue weighted by Crippen LogP contribution is 2.05. The number of carbonyl (C=O) groups excluding carboxylic acids is 1. The molecule has 2 nitrogen and oxygen atoms in total. The van der Waals surface area contributed by atoms with E-state index in [1.165, 1.54) is 24.3 Å². The largest absolute Gasteiger partial charge is 0.319 e. The molecule has 0 saturated heterocycles. The Labute approximate surface area is 88.9 Å². The molecule has 0 unspecified atom stereocenters. The Morgan fingerprint density at radius 1 is 1.36 bits per heavy atom. The summed E-state index contributed by atoms with van der Waals surface area (Å²) in [6.07, 6.45) is 0.447. The van der Waals surface area contributed by atoms with E-state index in [-0.39, 0.29) is 24.0 Å². The highest BCUT2D eigenvalue weighted by Gasteiger charge is 2.03. The number of hydrogen-bond donors (Lipinski definition) is 1. The maximum absolute atomic E-state index is 12.5. The van der Waals surface area contributed by atoms with Gasteiger partial charge in [0.2, 0.25) is 0 Å². The number of nitrogens with one attached hydrogen (secondary N) is 1. The first-order valence-corrected chi connectivity index (χ1v) is 4.17. The first kappa shape index (κ1) is 13.1. The Bertz CT molecular complexity index is 287. The number of rotatable bonds is 4. The van der Waals surface area contributed by atoms with Crippen LogP contribution < -0.4 is 5.32 Å². The van der Waals surface area contributed by atoms with E-state index in [4.69, 9.17) is 0 Å². The molecule has 0 saturated carbocycles. The minimum Gasteiger partial charge on any atom is -0.319 e. The molecule has 0 aliphatic carbocycles. The molecule has 1 aromatic rings. The van der Waals surface area contributed by atoms with Crippen molar-refractivity contribution in [3.63, 3.8) is 0 Å². The summed E-state index contributed by atoms with van der Waals surface area (Å²) in [6.45, 7) is 0.649. The van der Waals surface area contributed by atoms with Gasteiger partial charge in [-0.1, -0.05) is 0 Å². The Balaban J connectivity index is 0.00000169. The van der Waals surface area contributed by atoms with Gasteiger partial charge in [-0.3, -0.25) is 4.79 Å². The third kappa shape index (κ3) is 3.85. The minimum absolute atomic E-state index is 0. The van der Waals surface area contributed by atoms with Crippen molar-refractivity contribution in [1.29, 1.82) is 0 Å². The molecule has 0 bridgehead atoms. The lowest BCUT2D eigenvalue weighted by molar-refractivity contribution is 0.0983. The summed E-state index contributed by atoms with van der Waals surface area (Å²) in [5, 5.41) is 2.88. The van der Waals surface area contributed by atoms with Crippen molar-refractivity contribution in [2.45, 2.75) is 6.42 Å². The molecule has 0 radical (unpaired) electrons. The van der Waals surface area contributed by atoms with Crippen molar-refractivity contribution in [1.82, 2.24) is 5.32 Å². The summed E-state index contributed by atoms with van der Waals surface area (Å²) < 4.78 is 12.5. The van der Waals surface area contributed by atoms with E-state index >= 15 is 0 Å². The Hall–Kier alpha value is -0.930. The van der Waals surface area contributed by atoms with Crippen LogP contribution in [-0.2, 0) is 0 Å². The molecule has 78 valence electrons. The maximum Gasteiger partial charge on any atom is 0.164 e. The minimum atomic E-state index is -0.315. The summed E-state index contributed by atoms with van der Waals surface area (Å²) in [7, 11) is 1.79. The SMILES string of the molecule is CNCCC(=O)c1ccc(F)cc1.Cl. The lowest BCUT2D eigenvalue weighted by atomic mass is 10.1. The van der Waals surface area contributed by atoms with Crippen LogP contribution in [0.2, 0.25) is 0 Å². The van der Waals surface area contributed by atoms with Crippen molar-refractivity contribution in [2.75, 3.05) is 13.6 Å². The number of benzene rings is 1. The molecule has 0 amide bonds. The predicted molar refractivity (Wildman–Crippen MR) is 56.5 cm³/mol. The summed E-state index contributed by atoms with van der Waals surface area (Å²) in [6, 6.07) is 5.61. The van der Waals surface area contributed by atoms with Gasteiger partial charge in [-0.25, -0.2) is 4.39 Å². The van der Waals surface area contributed by atoms with E-state index in [2.05, 4.69) is 5.32 Å². The van der Waals surface area contributed by atoms with Gasteiger partial charge in [0.1, 0.15) is 5.82 Å². The van der Waals surface area contributed by atoms with Crippen LogP contribution in [0.3, 0.4) is 0 Å². The monoisotopic (exact) mass is 217 g/mol. The van der Waals surface area contributed by atoms with Crippen molar-refractivity contribution in [3.8, 4) is 0 Å². The van der Waals surface area contributed by atoms with Gasteiger partial charge in [-0.15, -0.1) is 12.4 Å². The lowest BCUT2D eigenvalue weighted by Crippen LogP contribution is -2.12. The molecule has 1 N–H and O–H groups in total. The lowest BCUT2D eigenvalue weighted by Gasteiger charge is -1.99. The number of carbonyl (C=O) groups is 1. The molecule has 0 spiro atoms. The van der Waals surface area contributed by atoms with Gasteiger partial charge in [0.25, 0.3) is 0 Å². The van der Waals surface area contributed by atoms with Crippen LogP contribution in [0, 0.1) is 5.82 Å². The van der Waals surface area contributed by atoms with Gasteiger partial charge in [-0.2, -0.15) is 0 Å². The smallest absolute Gasteiger partial charge is 0.164 e. The highest BCUT2D eigenvalue weighted by molar-refractivity contribution is 5.96. The van der Waals surface area contributed by atoms with Crippen molar-refractivity contribution in [2.24, 2.45) is 0 Å². The molecule has 0 atom stereocenters. The van der Waals surface area contributed by atoms with Gasteiger partial charge in [0.05, 0.1) is 0 Å². The molecule has 0 fully saturated rings. The van der Waals surface area contributed by atoms with E-state index in [1.54, 1.807) is 7.05 Å². The van der Waals surface area contributed by atoms with Crippen LogP contribution >= 0.6 is 12.4 Å². The van der Waals surface area contributed by atoms with Gasteiger partial charge in [0, 0.05) is 18.5 Å². The molecule has 4 heteroatoms. The predicted octanol–water partition coefficient (Wildman–Crippen LogP) is 2.04. The summed E-state index contributed by atoms with van der Waals surface area (Å²) >= 11 is 0. The van der Waals surface area contributed by atoms with Gasteiger partial charge in [-0.05, 0) is 31.3 Å². The summed E-state index contributed by atoms with van der Waals surface area (Å²) in [5.74, 6) is -0.278. The fourth-order valence-corrected chi connectivity index (χ4v) is 1.02. The van der Waals surface area contributed by atoms with Crippen LogP contribution in [0.5, 0.6) is 0 Å². The van der Waals surface area contributed by atoms with Crippen LogP contribution in [-0.4, -0.2) is 19.4 Å². The first-order chi connectivity index (χ1) is 6.24. The number of ketones is 1. The average Bonchev–Trinajstić information content (AvgIpc) is 2.15. The standard InChI is InChI=1S/C10H12FNO.ClH/c1-12-7-6-10(13)8-2-4-9(11)5-3-8;/h2-5,12H,6-7H2,1H3;1H. The number of hydrogen-bond acceptors (Lipinski definition) is 2. The van der Waals surface area contributed by atoms with E-state index in [0.717, 1.165) is 0 Å². The molecule has 1 rings (SSSR count). The van der Waals surface area contributed by atoms with Crippen LogP contribution in [0.4, 0.5) is 4.39 Å². The zero-order valence-electron chi connectivity index (χ0n) is 7.92. The van der Waals surface area contributed by atoms with Crippen molar-refractivity contribution >= 4 is 18.2 Å². The first-order valence-electron chi connectivity index (χ1n) is 4.17. The van der Waals surface area contributed by atoms with E-state index < -0.39 is 0 Å². The normalized spacial score (nSPS) is 9.29. The second-order valence-electron chi connectivity index (χ2n) is 2.78. The third-order valence-electron chi connectivity index (χ3n) is 1.77. The highest BCUT2D eigenvalue weighted by atomic mass is 35.5. The fraction of sp³-hybridized carbons (Fsp3) is 0.300. The molecule has 1 aromatic carbocycles. The summed E-state index contributed by atoms with van der Waals surface area (Å²) in [4.78, 5) is 11.4. The number of Topliss-reactive ketones (excluding diaryl/α,β-unsaturated/α-hetero) is 1. The van der Waals surface area contributed by atoms with Crippen molar-refractivity contribution < 1.29 is 9.18 Å². The van der Waals surface area contributed by atoms with Crippen LogP contribution in [0.25, 0.3) is 0 Å². The second kappa shape index (κ2) is 6.51. The van der Waals surface area contributed by atoms with E-state index in [1.807, 2.05) is 0 Å². The zero-order chi connectivity index (χ0) is 9.68. The van der Waals surface area contributed by atoms with Gasteiger partial charge in [0.15, 0.2) is 5.78 Å². The molecular weight excluding hydrogens is 205 g/mol. The number of halogens is 2. The Kier molecular flexibility index (Phi) is 6.08. The fourth-order valence-electron chi connectivity index (χ4n) is 1.02. The van der Waals surface area contributed by atoms with E-state index in [9.17, 15) is 9.18 Å². The molecule has 0 aliphatic heterocycles. The van der Waals surface area contributed by atoms with Crippen molar-refractivity contribution in [3.05, 3.63) is 35.6 Å². The molecular formula is C10H13ClFNO. The Morgan fingerprint density at radius 2 is 1.93 bits per heavy atom. The van der Waals surface area contributed by atoms with Crippen LogP contribution in [0.1, 0.15) is 16.8 Å².